The van der Waals surface area contributed by atoms with Crippen LogP contribution < -0.4 is 11.1 Å². The van der Waals surface area contributed by atoms with Crippen LogP contribution >= 0.6 is 11.3 Å². The van der Waals surface area contributed by atoms with Crippen LogP contribution in [0.15, 0.2) is 29.8 Å². The van der Waals surface area contributed by atoms with Gasteiger partial charge in [-0.05, 0) is 26.0 Å². The number of thiazole rings is 1. The highest BCUT2D eigenvalue weighted by molar-refractivity contribution is 7.14. The van der Waals surface area contributed by atoms with Crippen LogP contribution in [-0.4, -0.2) is 35.5 Å². The Morgan fingerprint density at radius 2 is 2.07 bits per heavy atom. The number of anilines is 2. The monoisotopic (exact) mass is 380 g/mol. The Balaban J connectivity index is 1.53. The van der Waals surface area contributed by atoms with Gasteiger partial charge in [-0.3, -0.25) is 9.78 Å². The number of hydrogen-bond acceptors (Lipinski definition) is 8. The van der Waals surface area contributed by atoms with Gasteiger partial charge in [0.2, 0.25) is 11.9 Å². The van der Waals surface area contributed by atoms with Gasteiger partial charge in [0.1, 0.15) is 5.69 Å². The van der Waals surface area contributed by atoms with E-state index in [1.165, 1.54) is 11.3 Å². The summed E-state index contributed by atoms with van der Waals surface area (Å²) in [5, 5.41) is 9.33. The van der Waals surface area contributed by atoms with Gasteiger partial charge in [-0.25, -0.2) is 9.97 Å². The largest absolute Gasteiger partial charge is 0.366 e. The molecule has 0 atom stereocenters. The summed E-state index contributed by atoms with van der Waals surface area (Å²) < 4.78 is 1.55. The molecule has 3 N–H and O–H groups in total. The molecule has 10 heteroatoms. The zero-order valence-electron chi connectivity index (χ0n) is 14.7. The lowest BCUT2D eigenvalue weighted by atomic mass is 10.1. The number of aromatic nitrogens is 6. The molecular weight excluding hydrogens is 364 g/mol. The van der Waals surface area contributed by atoms with Crippen molar-refractivity contribution in [3.63, 3.8) is 0 Å². The lowest BCUT2D eigenvalue weighted by Crippen LogP contribution is -2.17. The summed E-state index contributed by atoms with van der Waals surface area (Å²) >= 11 is 1.35. The van der Waals surface area contributed by atoms with E-state index in [0.29, 0.717) is 10.9 Å². The molecule has 0 saturated carbocycles. The van der Waals surface area contributed by atoms with Crippen molar-refractivity contribution in [3.8, 4) is 11.4 Å². The highest BCUT2D eigenvalue weighted by Gasteiger charge is 2.16. The lowest BCUT2D eigenvalue weighted by Gasteiger charge is -2.09. The molecule has 0 bridgehead atoms. The summed E-state index contributed by atoms with van der Waals surface area (Å²) in [5.41, 5.74) is 9.41. The summed E-state index contributed by atoms with van der Waals surface area (Å²) in [7, 11) is 0. The van der Waals surface area contributed by atoms with E-state index in [1.807, 2.05) is 37.4 Å². The molecule has 4 aromatic rings. The minimum absolute atomic E-state index is 0.149. The Kier molecular flexibility index (Phi) is 4.24. The van der Waals surface area contributed by atoms with Crippen molar-refractivity contribution < 1.29 is 4.79 Å². The van der Waals surface area contributed by atoms with Crippen molar-refractivity contribution in [1.29, 1.82) is 0 Å². The van der Waals surface area contributed by atoms with Gasteiger partial charge in [-0.1, -0.05) is 6.07 Å². The third-order valence-electron chi connectivity index (χ3n) is 4.08. The number of amides is 1. The summed E-state index contributed by atoms with van der Waals surface area (Å²) in [6, 6.07) is 5.61. The van der Waals surface area contributed by atoms with Gasteiger partial charge in [0.25, 0.3) is 5.78 Å². The van der Waals surface area contributed by atoms with E-state index in [2.05, 4.69) is 30.4 Å². The van der Waals surface area contributed by atoms with E-state index in [0.717, 1.165) is 28.3 Å². The molecule has 1 amide bonds. The Labute approximate surface area is 158 Å². The number of rotatable bonds is 4. The molecule has 4 rings (SSSR count). The highest BCUT2D eigenvalue weighted by Crippen LogP contribution is 2.23. The average Bonchev–Trinajstić information content (AvgIpc) is 3.25. The fraction of sp³-hybridized carbons (Fsp3) is 0.176. The van der Waals surface area contributed by atoms with Crippen molar-refractivity contribution in [3.05, 3.63) is 46.7 Å². The molecule has 0 spiro atoms. The molecule has 0 aliphatic carbocycles. The summed E-state index contributed by atoms with van der Waals surface area (Å²) in [5.74, 6) is 0.389. The zero-order chi connectivity index (χ0) is 19.0. The van der Waals surface area contributed by atoms with Crippen molar-refractivity contribution in [2.75, 3.05) is 11.1 Å². The predicted octanol–water partition coefficient (Wildman–Crippen LogP) is 2.02. The van der Waals surface area contributed by atoms with E-state index >= 15 is 0 Å². The number of nitrogens with two attached hydrogens (primary N) is 1. The first kappa shape index (κ1) is 17.0. The van der Waals surface area contributed by atoms with Crippen LogP contribution in [0.2, 0.25) is 0 Å². The molecule has 9 nitrogen and oxygen atoms in total. The van der Waals surface area contributed by atoms with Crippen LogP contribution in [-0.2, 0) is 11.2 Å². The van der Waals surface area contributed by atoms with Crippen molar-refractivity contribution in [2.45, 2.75) is 20.3 Å². The average molecular weight is 380 g/mol. The van der Waals surface area contributed by atoms with Crippen LogP contribution in [0.5, 0.6) is 0 Å². The van der Waals surface area contributed by atoms with Crippen LogP contribution in [0.4, 0.5) is 11.1 Å². The second kappa shape index (κ2) is 6.72. The smallest absolute Gasteiger partial charge is 0.254 e. The molecule has 4 aromatic heterocycles. The third-order valence-corrected chi connectivity index (χ3v) is 4.84. The SMILES string of the molecule is Cc1nc2nc(N)nn2c(C)c1CC(=O)Nc1nc(-c2ccccn2)cs1. The fourth-order valence-corrected chi connectivity index (χ4v) is 3.49. The van der Waals surface area contributed by atoms with Crippen molar-refractivity contribution >= 4 is 34.1 Å². The quantitative estimate of drug-likeness (QED) is 0.555. The number of hydrogen-bond donors (Lipinski definition) is 2. The van der Waals surface area contributed by atoms with Crippen LogP contribution in [0.25, 0.3) is 17.2 Å². The van der Waals surface area contributed by atoms with E-state index in [1.54, 1.807) is 10.7 Å². The molecule has 0 aliphatic heterocycles. The number of aryl methyl sites for hydroxylation is 2. The molecule has 4 heterocycles. The van der Waals surface area contributed by atoms with Crippen LogP contribution in [0.3, 0.4) is 0 Å². The van der Waals surface area contributed by atoms with Gasteiger partial charge in [-0.15, -0.1) is 16.4 Å². The third kappa shape index (κ3) is 3.34. The first-order chi connectivity index (χ1) is 13.0. The Morgan fingerprint density at radius 1 is 1.22 bits per heavy atom. The highest BCUT2D eigenvalue weighted by atomic mass is 32.1. The fourth-order valence-electron chi connectivity index (χ4n) is 2.77. The molecule has 136 valence electrons. The first-order valence-corrected chi connectivity index (χ1v) is 9.04. The Hall–Kier alpha value is -3.40. The maximum Gasteiger partial charge on any atom is 0.254 e. The number of carbonyl (C=O) groups excluding carboxylic acids is 1. The van der Waals surface area contributed by atoms with Gasteiger partial charge in [0.15, 0.2) is 5.13 Å². The number of carbonyl (C=O) groups is 1. The number of fused-ring (bicyclic) bond motifs is 1. The molecular formula is C17H16N8OS. The van der Waals surface area contributed by atoms with E-state index in [4.69, 9.17) is 5.73 Å². The van der Waals surface area contributed by atoms with Gasteiger partial charge in [-0.2, -0.15) is 9.50 Å². The normalized spacial score (nSPS) is 11.0. The van der Waals surface area contributed by atoms with Crippen LogP contribution in [0, 0.1) is 13.8 Å². The van der Waals surface area contributed by atoms with E-state index < -0.39 is 0 Å². The van der Waals surface area contributed by atoms with Crippen molar-refractivity contribution in [2.24, 2.45) is 0 Å². The number of nitrogens with zero attached hydrogens (tertiary/aromatic N) is 6. The number of pyridine rings is 1. The number of nitrogen functional groups attached to an aromatic ring is 1. The number of nitrogens with one attached hydrogen (secondary N) is 1. The second-order valence-corrected chi connectivity index (χ2v) is 6.78. The minimum atomic E-state index is -0.183. The Morgan fingerprint density at radius 3 is 2.85 bits per heavy atom. The maximum absolute atomic E-state index is 12.5. The van der Waals surface area contributed by atoms with Gasteiger partial charge in [0.05, 0.1) is 12.1 Å². The lowest BCUT2D eigenvalue weighted by molar-refractivity contribution is -0.115. The van der Waals surface area contributed by atoms with Gasteiger partial charge >= 0.3 is 0 Å². The summed E-state index contributed by atoms with van der Waals surface area (Å²) in [6.07, 6.45) is 1.86. The van der Waals surface area contributed by atoms with Gasteiger partial charge in [0, 0.05) is 28.5 Å². The molecule has 0 fully saturated rings. The molecule has 0 saturated heterocycles. The molecule has 0 aromatic carbocycles. The van der Waals surface area contributed by atoms with E-state index in [9.17, 15) is 4.79 Å². The summed E-state index contributed by atoms with van der Waals surface area (Å²) in [4.78, 5) is 29.6. The van der Waals surface area contributed by atoms with Crippen molar-refractivity contribution in [1.82, 2.24) is 29.5 Å². The topological polar surface area (TPSA) is 124 Å². The van der Waals surface area contributed by atoms with E-state index in [-0.39, 0.29) is 18.3 Å². The molecule has 0 unspecified atom stereocenters. The van der Waals surface area contributed by atoms with Gasteiger partial charge < -0.3 is 11.1 Å². The molecule has 0 aliphatic rings. The summed E-state index contributed by atoms with van der Waals surface area (Å²) in [6.45, 7) is 3.70. The zero-order valence-corrected chi connectivity index (χ0v) is 15.5. The van der Waals surface area contributed by atoms with Crippen LogP contribution in [0.1, 0.15) is 17.0 Å². The standard InChI is InChI=1S/C17H16N8OS/c1-9-11(10(2)25-16(20-9)23-15(18)24-25)7-14(26)22-17-21-13(8-27-17)12-5-3-4-6-19-12/h3-6,8H,7H2,1-2H3,(H2,18,24)(H,21,22,26). The minimum Gasteiger partial charge on any atom is -0.366 e. The first-order valence-electron chi connectivity index (χ1n) is 8.16. The second-order valence-electron chi connectivity index (χ2n) is 5.92. The predicted molar refractivity (Wildman–Crippen MR) is 102 cm³/mol. The molecule has 27 heavy (non-hydrogen) atoms. The Bertz CT molecular complexity index is 1130. The maximum atomic E-state index is 12.5. The molecule has 0 radical (unpaired) electrons.